The average molecular weight is 217 g/mol. The number of aromatic nitrogens is 4. The Balaban J connectivity index is 2.06. The summed E-state index contributed by atoms with van der Waals surface area (Å²) >= 11 is 0. The van der Waals surface area contributed by atoms with Crippen LogP contribution in [0.5, 0.6) is 0 Å². The first-order chi connectivity index (χ1) is 7.81. The van der Waals surface area contributed by atoms with Crippen LogP contribution < -0.4 is 5.73 Å². The van der Waals surface area contributed by atoms with E-state index in [2.05, 4.69) is 26.0 Å². The number of nitrogens with zero attached hydrogens (tertiary/aromatic N) is 4. The molecular weight excluding hydrogens is 202 g/mol. The van der Waals surface area contributed by atoms with Crippen molar-refractivity contribution >= 4 is 5.82 Å². The van der Waals surface area contributed by atoms with Crippen molar-refractivity contribution in [1.82, 2.24) is 19.1 Å². The third kappa shape index (κ3) is 1.31. The van der Waals surface area contributed by atoms with E-state index < -0.39 is 0 Å². The summed E-state index contributed by atoms with van der Waals surface area (Å²) in [6.45, 7) is 2.96. The van der Waals surface area contributed by atoms with Gasteiger partial charge in [0.15, 0.2) is 0 Å². The second kappa shape index (κ2) is 3.37. The highest BCUT2D eigenvalue weighted by Crippen LogP contribution is 2.38. The largest absolute Gasteiger partial charge is 0.383 e. The van der Waals surface area contributed by atoms with Crippen LogP contribution in [0.2, 0.25) is 0 Å². The molecule has 1 aliphatic rings. The van der Waals surface area contributed by atoms with Crippen LogP contribution >= 0.6 is 0 Å². The lowest BCUT2D eigenvalue weighted by molar-refractivity contribution is 0.750. The van der Waals surface area contributed by atoms with Gasteiger partial charge in [0.1, 0.15) is 11.5 Å². The maximum atomic E-state index is 6.12. The number of nitrogens with two attached hydrogens (primary N) is 1. The smallest absolute Gasteiger partial charge is 0.133 e. The Bertz CT molecular complexity index is 506. The number of anilines is 1. The molecule has 3 rings (SSSR count). The van der Waals surface area contributed by atoms with E-state index in [-0.39, 0.29) is 0 Å². The number of hydrogen-bond acceptors (Lipinski definition) is 3. The summed E-state index contributed by atoms with van der Waals surface area (Å²) in [7, 11) is 0. The molecule has 0 saturated heterocycles. The van der Waals surface area contributed by atoms with Crippen LogP contribution in [0.4, 0.5) is 5.82 Å². The number of nitrogen functional groups attached to an aromatic ring is 1. The summed E-state index contributed by atoms with van der Waals surface area (Å²) in [5, 5.41) is 0. The van der Waals surface area contributed by atoms with Crippen molar-refractivity contribution in [3.05, 3.63) is 18.9 Å². The van der Waals surface area contributed by atoms with Crippen LogP contribution in [0.15, 0.2) is 18.9 Å². The molecule has 2 aromatic heterocycles. The fraction of sp³-hybridized carbons (Fsp3) is 0.455. The summed E-state index contributed by atoms with van der Waals surface area (Å²) < 4.78 is 4.12. The maximum absolute atomic E-state index is 6.12. The van der Waals surface area contributed by atoms with Crippen LogP contribution in [-0.2, 0) is 6.54 Å². The fourth-order valence-electron chi connectivity index (χ4n) is 1.98. The Morgan fingerprint density at radius 1 is 1.44 bits per heavy atom. The van der Waals surface area contributed by atoms with Crippen LogP contribution in [0.3, 0.4) is 0 Å². The molecule has 2 N–H and O–H groups in total. The molecule has 0 bridgehead atoms. The van der Waals surface area contributed by atoms with Crippen LogP contribution in [0.1, 0.15) is 25.8 Å². The molecular formula is C11H15N5. The Morgan fingerprint density at radius 3 is 2.94 bits per heavy atom. The molecule has 0 amide bonds. The zero-order valence-electron chi connectivity index (χ0n) is 9.30. The third-order valence-electron chi connectivity index (χ3n) is 3.07. The Kier molecular flexibility index (Phi) is 1.99. The minimum absolute atomic E-state index is 0.569. The van der Waals surface area contributed by atoms with Crippen molar-refractivity contribution in [1.29, 1.82) is 0 Å². The summed E-state index contributed by atoms with van der Waals surface area (Å²) in [6, 6.07) is 0.569. The van der Waals surface area contributed by atoms with Crippen LogP contribution in [-0.4, -0.2) is 19.1 Å². The maximum Gasteiger partial charge on any atom is 0.133 e. The van der Waals surface area contributed by atoms with Crippen molar-refractivity contribution in [3.63, 3.8) is 0 Å². The molecule has 1 fully saturated rings. The van der Waals surface area contributed by atoms with Gasteiger partial charge in [0.2, 0.25) is 0 Å². The van der Waals surface area contributed by atoms with E-state index in [0.29, 0.717) is 6.04 Å². The quantitative estimate of drug-likeness (QED) is 0.850. The minimum Gasteiger partial charge on any atom is -0.383 e. The highest BCUT2D eigenvalue weighted by Gasteiger charge is 2.27. The zero-order chi connectivity index (χ0) is 11.1. The van der Waals surface area contributed by atoms with Gasteiger partial charge in [0.25, 0.3) is 0 Å². The van der Waals surface area contributed by atoms with Gasteiger partial charge in [0, 0.05) is 12.6 Å². The van der Waals surface area contributed by atoms with Gasteiger partial charge in [-0.1, -0.05) is 0 Å². The highest BCUT2D eigenvalue weighted by molar-refractivity contribution is 5.67. The van der Waals surface area contributed by atoms with Crippen molar-refractivity contribution in [2.45, 2.75) is 32.4 Å². The van der Waals surface area contributed by atoms with E-state index in [4.69, 9.17) is 5.73 Å². The predicted octanol–water partition coefficient (Wildman–Crippen LogP) is 1.68. The van der Waals surface area contributed by atoms with E-state index in [1.807, 2.05) is 18.9 Å². The van der Waals surface area contributed by atoms with Gasteiger partial charge in [-0.05, 0) is 19.8 Å². The highest BCUT2D eigenvalue weighted by atomic mass is 15.2. The molecule has 0 aromatic carbocycles. The van der Waals surface area contributed by atoms with E-state index in [9.17, 15) is 0 Å². The van der Waals surface area contributed by atoms with Crippen molar-refractivity contribution in [2.24, 2.45) is 0 Å². The molecule has 2 aromatic rings. The first-order valence-corrected chi connectivity index (χ1v) is 5.64. The topological polar surface area (TPSA) is 61.7 Å². The van der Waals surface area contributed by atoms with Gasteiger partial charge in [-0.3, -0.25) is 0 Å². The Labute approximate surface area is 93.9 Å². The first-order valence-electron chi connectivity index (χ1n) is 5.64. The van der Waals surface area contributed by atoms with Gasteiger partial charge in [-0.25, -0.2) is 9.97 Å². The van der Waals surface area contributed by atoms with Gasteiger partial charge >= 0.3 is 0 Å². The molecule has 5 nitrogen and oxygen atoms in total. The summed E-state index contributed by atoms with van der Waals surface area (Å²) in [6.07, 6.45) is 7.90. The number of imidazole rings is 2. The van der Waals surface area contributed by atoms with E-state index >= 15 is 0 Å². The molecule has 5 heteroatoms. The fourth-order valence-corrected chi connectivity index (χ4v) is 1.98. The Morgan fingerprint density at radius 2 is 2.25 bits per heavy atom. The van der Waals surface area contributed by atoms with Crippen LogP contribution in [0.25, 0.3) is 11.4 Å². The van der Waals surface area contributed by atoms with Gasteiger partial charge in [-0.15, -0.1) is 0 Å². The molecule has 1 saturated carbocycles. The number of rotatable bonds is 3. The second-order valence-corrected chi connectivity index (χ2v) is 4.18. The molecule has 0 spiro atoms. The van der Waals surface area contributed by atoms with Crippen LogP contribution in [0, 0.1) is 0 Å². The van der Waals surface area contributed by atoms with Crippen molar-refractivity contribution < 1.29 is 0 Å². The van der Waals surface area contributed by atoms with Gasteiger partial charge in [0.05, 0.1) is 24.5 Å². The molecule has 16 heavy (non-hydrogen) atoms. The van der Waals surface area contributed by atoms with Crippen molar-refractivity contribution in [2.75, 3.05) is 5.73 Å². The molecule has 0 aliphatic heterocycles. The minimum atomic E-state index is 0.569. The predicted molar refractivity (Wildman–Crippen MR) is 61.8 cm³/mol. The lowest BCUT2D eigenvalue weighted by Gasteiger charge is -2.05. The molecule has 2 heterocycles. The van der Waals surface area contributed by atoms with Gasteiger partial charge in [-0.2, -0.15) is 0 Å². The van der Waals surface area contributed by atoms with E-state index in [0.717, 1.165) is 23.8 Å². The average Bonchev–Trinajstić information content (AvgIpc) is 2.90. The lowest BCUT2D eigenvalue weighted by atomic mass is 10.3. The standard InChI is InChI=1S/C11H15N5/c1-2-15-6-13-5-9(15)10-11(12)16(7-14-10)8-3-4-8/h5-8H,2-4,12H2,1H3. The zero-order valence-corrected chi connectivity index (χ0v) is 9.30. The molecule has 0 unspecified atom stereocenters. The van der Waals surface area contributed by atoms with E-state index in [1.165, 1.54) is 12.8 Å². The third-order valence-corrected chi connectivity index (χ3v) is 3.07. The molecule has 0 radical (unpaired) electrons. The summed E-state index contributed by atoms with van der Waals surface area (Å²) in [4.78, 5) is 8.54. The van der Waals surface area contributed by atoms with Crippen molar-refractivity contribution in [3.8, 4) is 11.4 Å². The molecule has 1 aliphatic carbocycles. The normalized spacial score (nSPS) is 15.6. The first kappa shape index (κ1) is 9.45. The summed E-state index contributed by atoms with van der Waals surface area (Å²) in [5.41, 5.74) is 7.97. The molecule has 84 valence electrons. The summed E-state index contributed by atoms with van der Waals surface area (Å²) in [5.74, 6) is 0.762. The SMILES string of the molecule is CCn1cncc1-c1ncn(C2CC2)c1N. The monoisotopic (exact) mass is 217 g/mol. The number of hydrogen-bond donors (Lipinski definition) is 1. The lowest BCUT2D eigenvalue weighted by Crippen LogP contribution is -2.01. The second-order valence-electron chi connectivity index (χ2n) is 4.18. The Hall–Kier alpha value is -1.78. The van der Waals surface area contributed by atoms with E-state index in [1.54, 1.807) is 0 Å². The number of aryl methyl sites for hydroxylation is 1. The molecule has 0 atom stereocenters. The van der Waals surface area contributed by atoms with Gasteiger partial charge < -0.3 is 14.9 Å².